The molecule has 1 fully saturated rings. The summed E-state index contributed by atoms with van der Waals surface area (Å²) in [6.07, 6.45) is 9.02. The quantitative estimate of drug-likeness (QED) is 0.182. The van der Waals surface area contributed by atoms with Gasteiger partial charge in [0.05, 0.1) is 21.0 Å². The molecule has 1 aliphatic carbocycles. The summed E-state index contributed by atoms with van der Waals surface area (Å²) in [5, 5.41) is 9.65. The first kappa shape index (κ1) is 30.3. The molecule has 45 heavy (non-hydrogen) atoms. The van der Waals surface area contributed by atoms with Crippen LogP contribution in [-0.2, 0) is 27.8 Å². The predicted octanol–water partition coefficient (Wildman–Crippen LogP) is 5.82. The maximum Gasteiger partial charge on any atom is 0.268 e. The van der Waals surface area contributed by atoms with Gasteiger partial charge >= 0.3 is 0 Å². The van der Waals surface area contributed by atoms with E-state index in [1.807, 2.05) is 24.3 Å². The molecule has 236 valence electrons. The minimum Gasteiger partial charge on any atom is -0.301 e. The van der Waals surface area contributed by atoms with Crippen LogP contribution in [0.5, 0.6) is 0 Å². The molecule has 3 aliphatic rings. The van der Waals surface area contributed by atoms with Crippen LogP contribution in [0.3, 0.4) is 0 Å². The van der Waals surface area contributed by atoms with E-state index in [-0.39, 0.29) is 5.91 Å². The third-order valence-electron chi connectivity index (χ3n) is 9.56. The van der Waals surface area contributed by atoms with Crippen molar-refractivity contribution in [3.8, 4) is 0 Å². The molecule has 0 N–H and O–H groups in total. The van der Waals surface area contributed by atoms with Gasteiger partial charge in [-0.2, -0.15) is 5.10 Å². The van der Waals surface area contributed by atoms with Gasteiger partial charge in [0, 0.05) is 63.2 Å². The number of carbonyl (C=O) groups is 1. The fourth-order valence-corrected chi connectivity index (χ4v) is 9.41. The highest BCUT2D eigenvalue weighted by Crippen LogP contribution is 2.36. The molecule has 0 bridgehead atoms. The van der Waals surface area contributed by atoms with Crippen LogP contribution in [-0.4, -0.2) is 78.1 Å². The number of aromatic nitrogens is 1. The number of benzene rings is 2. The molecule has 2 aliphatic heterocycles. The molecule has 1 amide bonds. The highest BCUT2D eigenvalue weighted by Gasteiger charge is 2.36. The molecule has 4 heterocycles. The highest BCUT2D eigenvalue weighted by atomic mass is 32.2. The molecule has 10 heteroatoms. The molecule has 2 aromatic heterocycles. The summed E-state index contributed by atoms with van der Waals surface area (Å²) in [7, 11) is -3.64. The number of hydrazone groups is 1. The van der Waals surface area contributed by atoms with Crippen molar-refractivity contribution in [2.75, 3.05) is 39.3 Å². The van der Waals surface area contributed by atoms with Crippen LogP contribution in [0.1, 0.15) is 54.5 Å². The van der Waals surface area contributed by atoms with E-state index in [1.54, 1.807) is 46.8 Å². The maximum atomic E-state index is 13.3. The van der Waals surface area contributed by atoms with E-state index < -0.39 is 10.0 Å². The van der Waals surface area contributed by atoms with Gasteiger partial charge in [0.1, 0.15) is 0 Å². The Morgan fingerprint density at radius 1 is 0.800 bits per heavy atom. The zero-order chi connectivity index (χ0) is 30.8. The second kappa shape index (κ2) is 13.2. The lowest BCUT2D eigenvalue weighted by Gasteiger charge is -2.34. The predicted molar refractivity (Wildman–Crippen MR) is 180 cm³/mol. The van der Waals surface area contributed by atoms with Crippen molar-refractivity contribution in [1.29, 1.82) is 0 Å². The zero-order valence-electron chi connectivity index (χ0n) is 25.7. The Hall–Kier alpha value is -3.31. The number of hydrogen-bond donors (Lipinski definition) is 0. The first-order valence-electron chi connectivity index (χ1n) is 16.3. The van der Waals surface area contributed by atoms with Crippen LogP contribution in [0.4, 0.5) is 0 Å². The summed E-state index contributed by atoms with van der Waals surface area (Å²) < 4.78 is 28.0. The van der Waals surface area contributed by atoms with Crippen LogP contribution in [0.2, 0.25) is 0 Å². The fraction of sp³-hybridized carbons (Fsp3) is 0.429. The topological polar surface area (TPSA) is 78.2 Å². The van der Waals surface area contributed by atoms with Crippen LogP contribution in [0.25, 0.3) is 10.9 Å². The van der Waals surface area contributed by atoms with Gasteiger partial charge < -0.3 is 4.90 Å². The smallest absolute Gasteiger partial charge is 0.268 e. The summed E-state index contributed by atoms with van der Waals surface area (Å²) in [5.74, 6) is 0.482. The van der Waals surface area contributed by atoms with Crippen molar-refractivity contribution in [2.45, 2.75) is 56.4 Å². The van der Waals surface area contributed by atoms with Gasteiger partial charge in [0.15, 0.2) is 0 Å². The van der Waals surface area contributed by atoms with Crippen LogP contribution in [0, 0.1) is 5.92 Å². The number of amides is 1. The summed E-state index contributed by atoms with van der Waals surface area (Å²) in [6, 6.07) is 18.7. The van der Waals surface area contributed by atoms with Gasteiger partial charge in [0.25, 0.3) is 10.0 Å². The average molecular weight is 644 g/mol. The van der Waals surface area contributed by atoms with Gasteiger partial charge in [-0.1, -0.05) is 49.6 Å². The minimum absolute atomic E-state index is 0.184. The number of unbranched alkanes of at least 4 members (excludes halogenated alkanes) is 4. The maximum absolute atomic E-state index is 13.3. The van der Waals surface area contributed by atoms with Crippen LogP contribution >= 0.6 is 11.3 Å². The fourth-order valence-electron chi connectivity index (χ4n) is 7.04. The lowest BCUT2D eigenvalue weighted by Crippen LogP contribution is -2.46. The zero-order valence-corrected chi connectivity index (χ0v) is 27.3. The Morgan fingerprint density at radius 3 is 2.38 bits per heavy atom. The van der Waals surface area contributed by atoms with Crippen molar-refractivity contribution in [3.63, 3.8) is 0 Å². The molecule has 0 spiro atoms. The first-order valence-corrected chi connectivity index (χ1v) is 18.6. The molecule has 1 saturated heterocycles. The van der Waals surface area contributed by atoms with Crippen molar-refractivity contribution in [3.05, 3.63) is 88.2 Å². The molecule has 4 aromatic rings. The standard InChI is InChI=1S/C35H41N5O3S2/c41-33-25-29-24-27-15-23-44-35(27)34(29)36-39(33)17-8-3-1-2-7-16-37-19-21-38(22-20-37)26-28-10-9-13-32-31(28)14-18-40(32)45(42,43)30-11-5-4-6-12-30/h4-6,9-15,18,23,29H,1-3,7-8,16-17,19-22,24-26H2. The Morgan fingerprint density at radius 2 is 1.56 bits per heavy atom. The highest BCUT2D eigenvalue weighted by molar-refractivity contribution is 7.90. The minimum atomic E-state index is -3.64. The molecular weight excluding hydrogens is 603 g/mol. The summed E-state index contributed by atoms with van der Waals surface area (Å²) in [6.45, 7) is 6.83. The number of carbonyl (C=O) groups excluding carboxylic acids is 1. The first-order chi connectivity index (χ1) is 22.0. The Labute approximate surface area is 270 Å². The summed E-state index contributed by atoms with van der Waals surface area (Å²) in [5.41, 5.74) is 4.40. The van der Waals surface area contributed by atoms with Gasteiger partial charge in [-0.3, -0.25) is 9.69 Å². The lowest BCUT2D eigenvalue weighted by atomic mass is 9.99. The normalized spacial score (nSPS) is 19.2. The lowest BCUT2D eigenvalue weighted by molar-refractivity contribution is -0.132. The molecule has 0 radical (unpaired) electrons. The van der Waals surface area contributed by atoms with Crippen molar-refractivity contribution < 1.29 is 13.2 Å². The van der Waals surface area contributed by atoms with E-state index in [2.05, 4.69) is 27.3 Å². The number of hydrogen-bond acceptors (Lipinski definition) is 7. The molecule has 0 saturated carbocycles. The Kier molecular flexibility index (Phi) is 8.90. The van der Waals surface area contributed by atoms with Crippen molar-refractivity contribution in [2.24, 2.45) is 11.0 Å². The summed E-state index contributed by atoms with van der Waals surface area (Å²) in [4.78, 5) is 19.3. The second-order valence-electron chi connectivity index (χ2n) is 12.5. The van der Waals surface area contributed by atoms with Gasteiger partial charge in [-0.05, 0) is 72.6 Å². The second-order valence-corrected chi connectivity index (χ2v) is 15.3. The van der Waals surface area contributed by atoms with Crippen LogP contribution < -0.4 is 0 Å². The molecular formula is C35H41N5O3S2. The number of rotatable bonds is 12. The molecule has 1 unspecified atom stereocenters. The SMILES string of the molecule is O=C1CC2Cc3ccsc3C2=NN1CCCCCCCN1CCN(Cc2cccc3c2ccn3S(=O)(=O)c2ccccc2)CC1. The number of piperazine rings is 1. The number of fused-ring (bicyclic) bond motifs is 4. The van der Waals surface area contributed by atoms with E-state index in [0.29, 0.717) is 17.2 Å². The van der Waals surface area contributed by atoms with Crippen molar-refractivity contribution in [1.82, 2.24) is 18.8 Å². The average Bonchev–Trinajstić information content (AvgIpc) is 3.78. The van der Waals surface area contributed by atoms with E-state index in [4.69, 9.17) is 5.10 Å². The van der Waals surface area contributed by atoms with E-state index in [1.165, 1.54) is 39.2 Å². The van der Waals surface area contributed by atoms with Gasteiger partial charge in [-0.15, -0.1) is 11.3 Å². The molecule has 1 atom stereocenters. The molecule has 2 aromatic carbocycles. The number of thiophene rings is 1. The third-order valence-corrected chi connectivity index (χ3v) is 12.2. The third kappa shape index (κ3) is 6.38. The monoisotopic (exact) mass is 643 g/mol. The Bertz CT molecular complexity index is 1790. The Balaban J connectivity index is 0.825. The molecule has 7 rings (SSSR count). The van der Waals surface area contributed by atoms with E-state index in [9.17, 15) is 13.2 Å². The van der Waals surface area contributed by atoms with Gasteiger partial charge in [-0.25, -0.2) is 17.4 Å². The largest absolute Gasteiger partial charge is 0.301 e. The number of nitrogens with zero attached hydrogens (tertiary/aromatic N) is 5. The van der Waals surface area contributed by atoms with Crippen molar-refractivity contribution >= 4 is 43.9 Å². The van der Waals surface area contributed by atoms with Gasteiger partial charge in [0.2, 0.25) is 5.91 Å². The molecule has 8 nitrogen and oxygen atoms in total. The van der Waals surface area contributed by atoms with E-state index in [0.717, 1.165) is 81.7 Å². The van der Waals surface area contributed by atoms with Crippen LogP contribution in [0.15, 0.2) is 82.2 Å². The summed E-state index contributed by atoms with van der Waals surface area (Å²) >= 11 is 1.76. The van der Waals surface area contributed by atoms with E-state index >= 15 is 0 Å².